The minimum Gasteiger partial charge on any atom is -0.436 e. The zero-order chi connectivity index (χ0) is 17.1. The molecule has 0 fully saturated rings. The van der Waals surface area contributed by atoms with Crippen LogP contribution in [-0.4, -0.2) is 4.98 Å². The Bertz CT molecular complexity index is 990. The minimum absolute atomic E-state index is 0.637. The molecule has 0 radical (unpaired) electrons. The number of pyridine rings is 1. The molecule has 25 heavy (non-hydrogen) atoms. The first-order chi connectivity index (χ1) is 12.3. The van der Waals surface area contributed by atoms with E-state index in [4.69, 9.17) is 4.42 Å². The molecule has 0 bridgehead atoms. The van der Waals surface area contributed by atoms with Crippen molar-refractivity contribution in [3.8, 4) is 22.8 Å². The van der Waals surface area contributed by atoms with Gasteiger partial charge in [-0.1, -0.05) is 54.1 Å². The maximum Gasteiger partial charge on any atom is 0.232 e. The molecular formula is C22H19N2O+. The summed E-state index contributed by atoms with van der Waals surface area (Å²) in [7, 11) is 0. The second kappa shape index (κ2) is 6.73. The molecule has 0 amide bonds. The molecule has 0 unspecified atom stereocenters. The van der Waals surface area contributed by atoms with E-state index >= 15 is 0 Å². The van der Waals surface area contributed by atoms with Crippen LogP contribution in [0.25, 0.3) is 22.8 Å². The third kappa shape index (κ3) is 3.50. The molecule has 122 valence electrons. The molecule has 0 aliphatic carbocycles. The molecule has 0 spiro atoms. The third-order valence-electron chi connectivity index (χ3n) is 4.12. The summed E-state index contributed by atoms with van der Waals surface area (Å²) in [5.74, 6) is 1.42. The van der Waals surface area contributed by atoms with Gasteiger partial charge in [0.15, 0.2) is 24.7 Å². The second-order valence-electron chi connectivity index (χ2n) is 6.15. The number of rotatable bonds is 4. The van der Waals surface area contributed by atoms with Crippen LogP contribution in [0.2, 0.25) is 0 Å². The van der Waals surface area contributed by atoms with Gasteiger partial charge in [-0.3, -0.25) is 0 Å². The largest absolute Gasteiger partial charge is 0.436 e. The Labute approximate surface area is 147 Å². The van der Waals surface area contributed by atoms with E-state index in [2.05, 4.69) is 53.1 Å². The highest BCUT2D eigenvalue weighted by Gasteiger charge is 2.12. The number of aromatic nitrogens is 2. The van der Waals surface area contributed by atoms with Crippen molar-refractivity contribution in [2.45, 2.75) is 13.5 Å². The van der Waals surface area contributed by atoms with Gasteiger partial charge in [-0.2, -0.15) is 4.57 Å². The summed E-state index contributed by atoms with van der Waals surface area (Å²) in [6, 6.07) is 22.6. The zero-order valence-electron chi connectivity index (χ0n) is 14.1. The Balaban J connectivity index is 1.60. The van der Waals surface area contributed by atoms with Crippen LogP contribution in [0.15, 0.2) is 89.7 Å². The van der Waals surface area contributed by atoms with Crippen molar-refractivity contribution in [2.75, 3.05) is 0 Å². The predicted molar refractivity (Wildman–Crippen MR) is 97.9 cm³/mol. The van der Waals surface area contributed by atoms with Crippen LogP contribution in [0.5, 0.6) is 0 Å². The Hall–Kier alpha value is -3.20. The third-order valence-corrected chi connectivity index (χ3v) is 4.12. The minimum atomic E-state index is 0.637. The van der Waals surface area contributed by atoms with Crippen LogP contribution in [0.1, 0.15) is 11.1 Å². The first-order valence-corrected chi connectivity index (χ1v) is 8.34. The highest BCUT2D eigenvalue weighted by Crippen LogP contribution is 2.24. The van der Waals surface area contributed by atoms with E-state index in [1.54, 1.807) is 6.20 Å². The SMILES string of the molecule is Cc1cccc(C[n+]2cccc(-c3ncc(-c4ccccc4)o3)c2)c1. The number of oxazole rings is 1. The fourth-order valence-corrected chi connectivity index (χ4v) is 2.91. The highest BCUT2D eigenvalue weighted by molar-refractivity contribution is 5.60. The predicted octanol–water partition coefficient (Wildman–Crippen LogP) is 4.65. The summed E-state index contributed by atoms with van der Waals surface area (Å²) in [5.41, 5.74) is 4.55. The van der Waals surface area contributed by atoms with E-state index in [0.29, 0.717) is 5.89 Å². The lowest BCUT2D eigenvalue weighted by Crippen LogP contribution is -2.33. The quantitative estimate of drug-likeness (QED) is 0.511. The van der Waals surface area contributed by atoms with E-state index in [0.717, 1.165) is 23.4 Å². The maximum absolute atomic E-state index is 5.96. The summed E-state index contributed by atoms with van der Waals surface area (Å²) in [5, 5.41) is 0. The molecule has 0 N–H and O–H groups in total. The second-order valence-corrected chi connectivity index (χ2v) is 6.15. The average Bonchev–Trinajstić information content (AvgIpc) is 3.13. The first kappa shape index (κ1) is 15.3. The lowest BCUT2D eigenvalue weighted by atomic mass is 10.1. The van der Waals surface area contributed by atoms with E-state index in [9.17, 15) is 0 Å². The molecule has 0 aliphatic heterocycles. The molecule has 3 nitrogen and oxygen atoms in total. The van der Waals surface area contributed by atoms with Crippen LogP contribution in [-0.2, 0) is 6.54 Å². The monoisotopic (exact) mass is 327 g/mol. The summed E-state index contributed by atoms with van der Waals surface area (Å²) in [6.07, 6.45) is 5.92. The van der Waals surface area contributed by atoms with Crippen molar-refractivity contribution in [1.29, 1.82) is 0 Å². The number of hydrogen-bond donors (Lipinski definition) is 0. The van der Waals surface area contributed by atoms with Gasteiger partial charge in [0, 0.05) is 17.2 Å². The van der Waals surface area contributed by atoms with Crippen LogP contribution in [0, 0.1) is 6.92 Å². The van der Waals surface area contributed by atoms with Crippen LogP contribution in [0.3, 0.4) is 0 Å². The maximum atomic E-state index is 5.96. The van der Waals surface area contributed by atoms with E-state index < -0.39 is 0 Å². The Morgan fingerprint density at radius 1 is 0.920 bits per heavy atom. The number of nitrogens with zero attached hydrogens (tertiary/aromatic N) is 2. The van der Waals surface area contributed by atoms with Gasteiger partial charge in [0.25, 0.3) is 0 Å². The zero-order valence-corrected chi connectivity index (χ0v) is 14.1. The normalized spacial score (nSPS) is 10.8. The van der Waals surface area contributed by atoms with E-state index in [1.807, 2.05) is 42.5 Å². The molecular weight excluding hydrogens is 308 g/mol. The first-order valence-electron chi connectivity index (χ1n) is 8.34. The molecule has 0 saturated heterocycles. The van der Waals surface area contributed by atoms with Gasteiger partial charge in [-0.05, 0) is 19.1 Å². The average molecular weight is 327 g/mol. The lowest BCUT2D eigenvalue weighted by molar-refractivity contribution is -0.687. The van der Waals surface area contributed by atoms with Gasteiger partial charge in [0.2, 0.25) is 5.89 Å². The molecule has 2 aromatic carbocycles. The fraction of sp³-hybridized carbons (Fsp3) is 0.0909. The van der Waals surface area contributed by atoms with Crippen molar-refractivity contribution in [3.05, 3.63) is 96.4 Å². The fourth-order valence-electron chi connectivity index (χ4n) is 2.91. The van der Waals surface area contributed by atoms with E-state index in [-0.39, 0.29) is 0 Å². The summed E-state index contributed by atoms with van der Waals surface area (Å²) < 4.78 is 8.10. The summed E-state index contributed by atoms with van der Waals surface area (Å²) >= 11 is 0. The van der Waals surface area contributed by atoms with E-state index in [1.165, 1.54) is 11.1 Å². The lowest BCUT2D eigenvalue weighted by Gasteiger charge is -2.01. The van der Waals surface area contributed by atoms with Gasteiger partial charge >= 0.3 is 0 Å². The number of benzene rings is 2. The van der Waals surface area contributed by atoms with Crippen LogP contribution in [0.4, 0.5) is 0 Å². The van der Waals surface area contributed by atoms with Crippen molar-refractivity contribution in [3.63, 3.8) is 0 Å². The molecule has 4 aromatic rings. The molecule has 0 aliphatic rings. The van der Waals surface area contributed by atoms with Gasteiger partial charge in [-0.25, -0.2) is 4.98 Å². The molecule has 0 atom stereocenters. The standard InChI is InChI=1S/C22H19N2O/c1-17-7-5-8-18(13-17)15-24-12-6-11-20(16-24)22-23-14-21(25-22)19-9-3-2-4-10-19/h2-14,16H,15H2,1H3/q+1. The number of hydrogen-bond acceptors (Lipinski definition) is 2. The van der Waals surface area contributed by atoms with Gasteiger partial charge in [0.05, 0.1) is 6.20 Å². The van der Waals surface area contributed by atoms with Gasteiger partial charge in [0.1, 0.15) is 5.56 Å². The Kier molecular flexibility index (Phi) is 4.13. The molecule has 3 heteroatoms. The highest BCUT2D eigenvalue weighted by atomic mass is 16.4. The Morgan fingerprint density at radius 2 is 1.76 bits per heavy atom. The van der Waals surface area contributed by atoms with Crippen LogP contribution >= 0.6 is 0 Å². The smallest absolute Gasteiger partial charge is 0.232 e. The summed E-state index contributed by atoms with van der Waals surface area (Å²) in [4.78, 5) is 4.45. The molecule has 2 aromatic heterocycles. The van der Waals surface area contributed by atoms with Crippen molar-refractivity contribution >= 4 is 0 Å². The van der Waals surface area contributed by atoms with Crippen molar-refractivity contribution < 1.29 is 8.98 Å². The van der Waals surface area contributed by atoms with Crippen LogP contribution < -0.4 is 4.57 Å². The Morgan fingerprint density at radius 3 is 2.60 bits per heavy atom. The molecule has 2 heterocycles. The van der Waals surface area contributed by atoms with Gasteiger partial charge in [-0.15, -0.1) is 0 Å². The number of aryl methyl sites for hydroxylation is 1. The van der Waals surface area contributed by atoms with Crippen molar-refractivity contribution in [1.82, 2.24) is 4.98 Å². The summed E-state index contributed by atoms with van der Waals surface area (Å²) in [6.45, 7) is 2.93. The van der Waals surface area contributed by atoms with Crippen molar-refractivity contribution in [2.24, 2.45) is 0 Å². The van der Waals surface area contributed by atoms with Gasteiger partial charge < -0.3 is 4.42 Å². The topological polar surface area (TPSA) is 29.9 Å². The molecule has 0 saturated carbocycles. The molecule has 4 rings (SSSR count).